The highest BCUT2D eigenvalue weighted by Gasteiger charge is 2.20. The van der Waals surface area contributed by atoms with Crippen molar-refractivity contribution in [2.24, 2.45) is 0 Å². The monoisotopic (exact) mass is 966 g/mol. The predicted molar refractivity (Wildman–Crippen MR) is 323 cm³/mol. The van der Waals surface area contributed by atoms with E-state index in [2.05, 4.69) is 313 Å². The largest absolute Gasteiger partial charge is 0.311 e. The third-order valence-corrected chi connectivity index (χ3v) is 15.2. The maximum absolute atomic E-state index is 2.43. The van der Waals surface area contributed by atoms with Gasteiger partial charge in [-0.05, 0) is 161 Å². The minimum Gasteiger partial charge on any atom is -0.311 e. The molecule has 0 saturated heterocycles. The van der Waals surface area contributed by atoms with E-state index < -0.39 is 0 Å². The number of anilines is 3. The molecular weight excluding hydrogens is 917 g/mol. The standard InChI is InChI=1S/C74H50N2/c1-5-17-51(18-6-1)53-29-33-55(34-30-53)59-39-47-71-69(49-59)70-50-60(56-35-31-54(32-36-56)52-19-7-2-8-20-52)40-48-72(70)76(71)64-45-43-63(44-46-64)75(61-23-11-4-12-24-61)62-41-37-58(38-42-62)74-67-27-15-13-25-65(67)73(57-21-9-3-10-22-57)66-26-14-16-28-68(66)74/h1-50H. The van der Waals surface area contributed by atoms with E-state index in [-0.39, 0.29) is 0 Å². The van der Waals surface area contributed by atoms with Crippen molar-refractivity contribution in [2.75, 3.05) is 4.90 Å². The number of aromatic nitrogens is 1. The smallest absolute Gasteiger partial charge is 0.0541 e. The second-order valence-corrected chi connectivity index (χ2v) is 19.6. The van der Waals surface area contributed by atoms with Crippen LogP contribution in [0.5, 0.6) is 0 Å². The quantitative estimate of drug-likeness (QED) is 0.124. The lowest BCUT2D eigenvalue weighted by Gasteiger charge is -2.26. The van der Waals surface area contributed by atoms with Crippen molar-refractivity contribution in [3.8, 4) is 72.4 Å². The number of hydrogen-bond acceptors (Lipinski definition) is 1. The van der Waals surface area contributed by atoms with Crippen molar-refractivity contribution in [1.82, 2.24) is 4.57 Å². The van der Waals surface area contributed by atoms with Gasteiger partial charge in [-0.2, -0.15) is 0 Å². The highest BCUT2D eigenvalue weighted by Crippen LogP contribution is 2.45. The molecule has 0 fully saturated rings. The summed E-state index contributed by atoms with van der Waals surface area (Å²) in [5, 5.41) is 7.43. The third kappa shape index (κ3) is 8.01. The first-order valence-corrected chi connectivity index (χ1v) is 26.2. The van der Waals surface area contributed by atoms with Crippen molar-refractivity contribution in [2.45, 2.75) is 0 Å². The minimum absolute atomic E-state index is 1.08. The van der Waals surface area contributed by atoms with Crippen LogP contribution in [0.15, 0.2) is 303 Å². The lowest BCUT2D eigenvalue weighted by atomic mass is 9.86. The summed E-state index contributed by atoms with van der Waals surface area (Å²) in [5.41, 5.74) is 21.2. The molecule has 1 aromatic heterocycles. The molecule has 14 aromatic rings. The van der Waals surface area contributed by atoms with Crippen molar-refractivity contribution in [3.63, 3.8) is 0 Å². The number of fused-ring (bicyclic) bond motifs is 5. The Bertz CT molecular complexity index is 4180. The number of hydrogen-bond donors (Lipinski definition) is 0. The average Bonchev–Trinajstić information content (AvgIpc) is 3.84. The highest BCUT2D eigenvalue weighted by molar-refractivity contribution is 6.21. The van der Waals surface area contributed by atoms with Gasteiger partial charge in [0.05, 0.1) is 11.0 Å². The Kier molecular flexibility index (Phi) is 11.2. The van der Waals surface area contributed by atoms with Crippen molar-refractivity contribution in [1.29, 1.82) is 0 Å². The fourth-order valence-electron chi connectivity index (χ4n) is 11.5. The number of para-hydroxylation sites is 1. The second-order valence-electron chi connectivity index (χ2n) is 19.6. The van der Waals surface area contributed by atoms with Gasteiger partial charge in [0, 0.05) is 33.5 Å². The fraction of sp³-hybridized carbons (Fsp3) is 0. The molecule has 76 heavy (non-hydrogen) atoms. The lowest BCUT2D eigenvalue weighted by Crippen LogP contribution is -2.10. The summed E-state index contributed by atoms with van der Waals surface area (Å²) >= 11 is 0. The van der Waals surface area contributed by atoms with E-state index in [1.165, 1.54) is 99.1 Å². The van der Waals surface area contributed by atoms with Crippen LogP contribution in [0.4, 0.5) is 17.1 Å². The van der Waals surface area contributed by atoms with Crippen LogP contribution >= 0.6 is 0 Å². The Labute approximate surface area is 443 Å². The van der Waals surface area contributed by atoms with Crippen LogP contribution < -0.4 is 4.90 Å². The highest BCUT2D eigenvalue weighted by atomic mass is 15.1. The van der Waals surface area contributed by atoms with E-state index in [1.807, 2.05) is 0 Å². The molecule has 0 radical (unpaired) electrons. The molecule has 0 aliphatic heterocycles. The van der Waals surface area contributed by atoms with E-state index in [0.717, 1.165) is 33.8 Å². The molecule has 0 saturated carbocycles. The first kappa shape index (κ1) is 44.7. The van der Waals surface area contributed by atoms with E-state index in [4.69, 9.17) is 0 Å². The number of nitrogens with zero attached hydrogens (tertiary/aromatic N) is 2. The Balaban J connectivity index is 0.857. The summed E-state index contributed by atoms with van der Waals surface area (Å²) < 4.78 is 2.43. The second kappa shape index (κ2) is 19.1. The van der Waals surface area contributed by atoms with Gasteiger partial charge in [-0.15, -0.1) is 0 Å². The van der Waals surface area contributed by atoms with Crippen molar-refractivity contribution in [3.05, 3.63) is 303 Å². The summed E-state index contributed by atoms with van der Waals surface area (Å²) in [4.78, 5) is 2.36. The van der Waals surface area contributed by atoms with E-state index in [0.29, 0.717) is 0 Å². The molecule has 356 valence electrons. The normalized spacial score (nSPS) is 11.4. The van der Waals surface area contributed by atoms with Crippen LogP contribution in [0.1, 0.15) is 0 Å². The van der Waals surface area contributed by atoms with Gasteiger partial charge in [0.2, 0.25) is 0 Å². The summed E-state index contributed by atoms with van der Waals surface area (Å²) in [5.74, 6) is 0. The Morgan fingerprint density at radius 2 is 0.474 bits per heavy atom. The fourth-order valence-corrected chi connectivity index (χ4v) is 11.5. The maximum Gasteiger partial charge on any atom is 0.0541 e. The summed E-state index contributed by atoms with van der Waals surface area (Å²) in [6.45, 7) is 0. The van der Waals surface area contributed by atoms with Gasteiger partial charge in [0.15, 0.2) is 0 Å². The molecule has 0 N–H and O–H groups in total. The lowest BCUT2D eigenvalue weighted by molar-refractivity contribution is 1.17. The molecule has 0 aliphatic carbocycles. The predicted octanol–water partition coefficient (Wildman–Crippen LogP) is 20.6. The molecule has 0 unspecified atom stereocenters. The topological polar surface area (TPSA) is 8.17 Å². The van der Waals surface area contributed by atoms with E-state index in [1.54, 1.807) is 0 Å². The molecule has 0 aliphatic rings. The van der Waals surface area contributed by atoms with Gasteiger partial charge < -0.3 is 9.47 Å². The van der Waals surface area contributed by atoms with Crippen LogP contribution in [0.3, 0.4) is 0 Å². The minimum atomic E-state index is 1.08. The van der Waals surface area contributed by atoms with Gasteiger partial charge in [-0.25, -0.2) is 0 Å². The van der Waals surface area contributed by atoms with E-state index >= 15 is 0 Å². The third-order valence-electron chi connectivity index (χ3n) is 15.2. The van der Waals surface area contributed by atoms with Gasteiger partial charge in [-0.3, -0.25) is 0 Å². The summed E-state index contributed by atoms with van der Waals surface area (Å²) in [7, 11) is 0. The Morgan fingerprint density at radius 1 is 0.197 bits per heavy atom. The average molecular weight is 967 g/mol. The van der Waals surface area contributed by atoms with Gasteiger partial charge >= 0.3 is 0 Å². The van der Waals surface area contributed by atoms with E-state index in [9.17, 15) is 0 Å². The molecule has 0 atom stereocenters. The van der Waals surface area contributed by atoms with Crippen LogP contribution in [0.2, 0.25) is 0 Å². The zero-order valence-electron chi connectivity index (χ0n) is 41.8. The Morgan fingerprint density at radius 3 is 0.882 bits per heavy atom. The molecule has 0 spiro atoms. The summed E-state index contributed by atoms with van der Waals surface area (Å²) in [6.07, 6.45) is 0. The van der Waals surface area contributed by atoms with Crippen LogP contribution in [-0.2, 0) is 0 Å². The van der Waals surface area contributed by atoms with Gasteiger partial charge in [0.25, 0.3) is 0 Å². The van der Waals surface area contributed by atoms with Gasteiger partial charge in [0.1, 0.15) is 0 Å². The molecule has 2 nitrogen and oxygen atoms in total. The first-order chi connectivity index (χ1) is 37.7. The van der Waals surface area contributed by atoms with Crippen molar-refractivity contribution < 1.29 is 0 Å². The molecule has 13 aromatic carbocycles. The molecule has 2 heteroatoms. The molecular formula is C74H50N2. The molecule has 14 rings (SSSR count). The molecule has 0 amide bonds. The SMILES string of the molecule is c1ccc(-c2ccc(-c3ccc4c(c3)c3cc(-c5ccc(-c6ccccc6)cc5)ccc3n4-c3ccc(N(c4ccccc4)c4ccc(-c5c6ccccc6c(-c6ccccc6)c6ccccc56)cc4)cc3)cc2)cc1. The number of rotatable bonds is 10. The van der Waals surface area contributed by atoms with Crippen molar-refractivity contribution >= 4 is 60.4 Å². The number of benzene rings is 13. The first-order valence-electron chi connectivity index (χ1n) is 26.2. The van der Waals surface area contributed by atoms with Crippen LogP contribution in [0.25, 0.3) is 116 Å². The van der Waals surface area contributed by atoms with Gasteiger partial charge in [-0.1, -0.05) is 231 Å². The maximum atomic E-state index is 2.43. The summed E-state index contributed by atoms with van der Waals surface area (Å²) in [6, 6.07) is 111. The molecule has 1 heterocycles. The van der Waals surface area contributed by atoms with Crippen LogP contribution in [0, 0.1) is 0 Å². The molecule has 0 bridgehead atoms. The Hall–Kier alpha value is -10.0. The zero-order chi connectivity index (χ0) is 50.4. The zero-order valence-corrected chi connectivity index (χ0v) is 41.8. The van der Waals surface area contributed by atoms with Crippen LogP contribution in [-0.4, -0.2) is 4.57 Å².